The molecule has 0 fully saturated rings. The van der Waals surface area contributed by atoms with E-state index >= 15 is 0 Å². The normalized spacial score (nSPS) is 10.7. The zero-order valence-electron chi connectivity index (χ0n) is 14.2. The maximum atomic E-state index is 12.2. The number of carbonyl (C=O) groups excluding carboxylic acids is 2. The average Bonchev–Trinajstić information content (AvgIpc) is 3.08. The molecule has 0 aliphatic rings. The Morgan fingerprint density at radius 2 is 2.00 bits per heavy atom. The summed E-state index contributed by atoms with van der Waals surface area (Å²) in [6.07, 6.45) is 1.90. The first-order valence-electron chi connectivity index (χ1n) is 7.66. The van der Waals surface area contributed by atoms with E-state index in [1.54, 1.807) is 15.6 Å². The van der Waals surface area contributed by atoms with Crippen LogP contribution in [0.4, 0.5) is 5.69 Å². The molecule has 24 heavy (non-hydrogen) atoms. The van der Waals surface area contributed by atoms with Crippen molar-refractivity contribution in [1.29, 1.82) is 0 Å². The number of rotatable bonds is 6. The highest BCUT2D eigenvalue weighted by molar-refractivity contribution is 9.10. The highest BCUT2D eigenvalue weighted by Gasteiger charge is 2.18. The maximum absolute atomic E-state index is 12.2. The molecule has 0 aliphatic carbocycles. The lowest BCUT2D eigenvalue weighted by atomic mass is 10.3. The topological polar surface area (TPSA) is 93.8 Å². The standard InChI is InChI=1S/C15H21BrN6O2/c1-5-21-8-11(14(20-21)15(24)17-4)18-12(23)6-7-22-10(3)13(16)9(2)19-22/h8H,5-7H2,1-4H3,(H,17,24)(H,18,23). The van der Waals surface area contributed by atoms with Crippen LogP contribution in [-0.4, -0.2) is 38.4 Å². The summed E-state index contributed by atoms with van der Waals surface area (Å²) in [7, 11) is 1.53. The van der Waals surface area contributed by atoms with Crippen molar-refractivity contribution in [1.82, 2.24) is 24.9 Å². The number of hydrogen-bond donors (Lipinski definition) is 2. The van der Waals surface area contributed by atoms with Crippen LogP contribution in [-0.2, 0) is 17.9 Å². The molecule has 130 valence electrons. The maximum Gasteiger partial charge on any atom is 0.273 e. The number of aromatic nitrogens is 4. The Labute approximate surface area is 148 Å². The SMILES string of the molecule is CCn1cc(NC(=O)CCn2nc(C)c(Br)c2C)c(C(=O)NC)n1. The number of aryl methyl sites for hydroxylation is 3. The van der Waals surface area contributed by atoms with E-state index in [0.29, 0.717) is 18.8 Å². The Morgan fingerprint density at radius 3 is 2.54 bits per heavy atom. The Kier molecular flexibility index (Phi) is 5.76. The van der Waals surface area contributed by atoms with Crippen molar-refractivity contribution in [2.75, 3.05) is 12.4 Å². The lowest BCUT2D eigenvalue weighted by Gasteiger charge is -2.06. The van der Waals surface area contributed by atoms with Gasteiger partial charge >= 0.3 is 0 Å². The van der Waals surface area contributed by atoms with Gasteiger partial charge in [-0.1, -0.05) is 0 Å². The van der Waals surface area contributed by atoms with Crippen molar-refractivity contribution in [3.63, 3.8) is 0 Å². The second-order valence-electron chi connectivity index (χ2n) is 5.33. The first kappa shape index (κ1) is 18.2. The summed E-state index contributed by atoms with van der Waals surface area (Å²) in [6.45, 7) is 6.83. The van der Waals surface area contributed by atoms with Gasteiger partial charge in [0, 0.05) is 31.9 Å². The predicted octanol–water partition coefficient (Wildman–Crippen LogP) is 1.87. The van der Waals surface area contributed by atoms with Gasteiger partial charge in [0.25, 0.3) is 5.91 Å². The van der Waals surface area contributed by atoms with Crippen LogP contribution in [0.15, 0.2) is 10.7 Å². The second kappa shape index (κ2) is 7.61. The number of amides is 2. The lowest BCUT2D eigenvalue weighted by molar-refractivity contribution is -0.116. The highest BCUT2D eigenvalue weighted by atomic mass is 79.9. The van der Waals surface area contributed by atoms with Crippen molar-refractivity contribution < 1.29 is 9.59 Å². The average molecular weight is 397 g/mol. The van der Waals surface area contributed by atoms with Crippen LogP contribution in [0.5, 0.6) is 0 Å². The molecule has 9 heteroatoms. The molecule has 2 heterocycles. The van der Waals surface area contributed by atoms with E-state index in [0.717, 1.165) is 15.9 Å². The largest absolute Gasteiger partial charge is 0.354 e. The van der Waals surface area contributed by atoms with E-state index in [1.165, 1.54) is 7.05 Å². The second-order valence-corrected chi connectivity index (χ2v) is 6.13. The molecule has 0 bridgehead atoms. The summed E-state index contributed by atoms with van der Waals surface area (Å²) in [4.78, 5) is 24.1. The van der Waals surface area contributed by atoms with E-state index < -0.39 is 0 Å². The van der Waals surface area contributed by atoms with Crippen LogP contribution in [0, 0.1) is 13.8 Å². The van der Waals surface area contributed by atoms with Crippen LogP contribution in [0.3, 0.4) is 0 Å². The van der Waals surface area contributed by atoms with Gasteiger partial charge in [-0.05, 0) is 36.7 Å². The molecular weight excluding hydrogens is 376 g/mol. The Morgan fingerprint density at radius 1 is 1.29 bits per heavy atom. The molecule has 0 aromatic carbocycles. The molecule has 0 unspecified atom stereocenters. The van der Waals surface area contributed by atoms with Gasteiger partial charge in [-0.3, -0.25) is 19.0 Å². The number of hydrogen-bond acceptors (Lipinski definition) is 4. The molecule has 2 rings (SSSR count). The molecule has 2 amide bonds. The summed E-state index contributed by atoms with van der Waals surface area (Å²) in [5.41, 5.74) is 2.49. The summed E-state index contributed by atoms with van der Waals surface area (Å²) >= 11 is 3.47. The zero-order chi connectivity index (χ0) is 17.9. The molecule has 0 radical (unpaired) electrons. The molecule has 8 nitrogen and oxygen atoms in total. The molecule has 0 atom stereocenters. The molecule has 0 saturated heterocycles. The fourth-order valence-corrected chi connectivity index (χ4v) is 2.56. The van der Waals surface area contributed by atoms with Crippen LogP contribution < -0.4 is 10.6 Å². The van der Waals surface area contributed by atoms with Gasteiger partial charge in [0.15, 0.2) is 5.69 Å². The summed E-state index contributed by atoms with van der Waals surface area (Å²) in [5, 5.41) is 13.8. The predicted molar refractivity (Wildman–Crippen MR) is 93.9 cm³/mol. The number of anilines is 1. The molecule has 0 saturated carbocycles. The van der Waals surface area contributed by atoms with Gasteiger partial charge in [0.1, 0.15) is 0 Å². The first-order valence-corrected chi connectivity index (χ1v) is 8.45. The minimum Gasteiger partial charge on any atom is -0.354 e. The number of nitrogens with one attached hydrogen (secondary N) is 2. The molecular formula is C15H21BrN6O2. The summed E-state index contributed by atoms with van der Waals surface area (Å²) in [5.74, 6) is -0.528. The van der Waals surface area contributed by atoms with Crippen molar-refractivity contribution >= 4 is 33.4 Å². The van der Waals surface area contributed by atoms with Crippen LogP contribution >= 0.6 is 15.9 Å². The van der Waals surface area contributed by atoms with Gasteiger partial charge in [-0.15, -0.1) is 0 Å². The molecule has 2 aromatic rings. The monoisotopic (exact) mass is 396 g/mol. The fourth-order valence-electron chi connectivity index (χ4n) is 2.27. The van der Waals surface area contributed by atoms with Crippen molar-refractivity contribution in [3.05, 3.63) is 27.8 Å². The third kappa shape index (κ3) is 3.84. The minimum absolute atomic E-state index is 0.195. The number of halogens is 1. The van der Waals surface area contributed by atoms with Crippen molar-refractivity contribution in [3.8, 4) is 0 Å². The number of carbonyl (C=O) groups is 2. The van der Waals surface area contributed by atoms with Gasteiger partial charge in [0.05, 0.1) is 22.4 Å². The van der Waals surface area contributed by atoms with Crippen LogP contribution in [0.25, 0.3) is 0 Å². The van der Waals surface area contributed by atoms with Gasteiger partial charge in [-0.2, -0.15) is 10.2 Å². The van der Waals surface area contributed by atoms with E-state index in [2.05, 4.69) is 36.8 Å². The van der Waals surface area contributed by atoms with Crippen LogP contribution in [0.2, 0.25) is 0 Å². The van der Waals surface area contributed by atoms with E-state index in [4.69, 9.17) is 0 Å². The van der Waals surface area contributed by atoms with E-state index in [-0.39, 0.29) is 23.9 Å². The molecule has 2 N–H and O–H groups in total. The lowest BCUT2D eigenvalue weighted by Crippen LogP contribution is -2.22. The fraction of sp³-hybridized carbons (Fsp3) is 0.467. The first-order chi connectivity index (χ1) is 11.4. The van der Waals surface area contributed by atoms with Crippen LogP contribution in [0.1, 0.15) is 35.2 Å². The quantitative estimate of drug-likeness (QED) is 0.778. The summed E-state index contributed by atoms with van der Waals surface area (Å²) < 4.78 is 4.35. The van der Waals surface area contributed by atoms with E-state index in [9.17, 15) is 9.59 Å². The third-order valence-corrected chi connectivity index (χ3v) is 4.79. The Bertz CT molecular complexity index is 764. The number of nitrogens with zero attached hydrogens (tertiary/aromatic N) is 4. The smallest absolute Gasteiger partial charge is 0.273 e. The Hall–Kier alpha value is -2.16. The van der Waals surface area contributed by atoms with Gasteiger partial charge in [0.2, 0.25) is 5.91 Å². The van der Waals surface area contributed by atoms with E-state index in [1.807, 2.05) is 20.8 Å². The van der Waals surface area contributed by atoms with Gasteiger partial charge < -0.3 is 10.6 Å². The third-order valence-electron chi connectivity index (χ3n) is 3.65. The van der Waals surface area contributed by atoms with Gasteiger partial charge in [-0.25, -0.2) is 0 Å². The highest BCUT2D eigenvalue weighted by Crippen LogP contribution is 2.20. The minimum atomic E-state index is -0.333. The zero-order valence-corrected chi connectivity index (χ0v) is 15.8. The molecule has 2 aromatic heterocycles. The van der Waals surface area contributed by atoms with Crippen molar-refractivity contribution in [2.24, 2.45) is 0 Å². The summed E-state index contributed by atoms with van der Waals surface area (Å²) in [6, 6.07) is 0. The Balaban J connectivity index is 2.05. The molecule has 0 aliphatic heterocycles. The molecule has 0 spiro atoms. The van der Waals surface area contributed by atoms with Crippen molar-refractivity contribution in [2.45, 2.75) is 40.3 Å².